The lowest BCUT2D eigenvalue weighted by Gasteiger charge is -2.20. The van der Waals surface area contributed by atoms with Crippen LogP contribution in [0.5, 0.6) is 11.5 Å². The van der Waals surface area contributed by atoms with Gasteiger partial charge in [-0.05, 0) is 38.1 Å². The van der Waals surface area contributed by atoms with Crippen LogP contribution in [0.15, 0.2) is 18.2 Å². The van der Waals surface area contributed by atoms with Gasteiger partial charge in [0.05, 0.1) is 0 Å². The van der Waals surface area contributed by atoms with Crippen LogP contribution >= 0.6 is 0 Å². The second-order valence-electron chi connectivity index (χ2n) is 4.98. The number of ketones is 1. The maximum absolute atomic E-state index is 10.9. The minimum Gasteiger partial charge on any atom is -0.486 e. The van der Waals surface area contributed by atoms with E-state index in [0.29, 0.717) is 19.6 Å². The number of rotatable bonds is 6. The zero-order valence-electron chi connectivity index (χ0n) is 11.6. The lowest BCUT2D eigenvalue weighted by molar-refractivity contribution is -0.117. The van der Waals surface area contributed by atoms with Crippen molar-refractivity contribution in [3.05, 3.63) is 23.8 Å². The number of carbonyl (C=O) groups excluding carboxylic acids is 1. The molecule has 1 aliphatic heterocycles. The van der Waals surface area contributed by atoms with Crippen LogP contribution in [0.25, 0.3) is 0 Å². The Morgan fingerprint density at radius 2 is 1.95 bits per heavy atom. The number of hydrogen-bond acceptors (Lipinski definition) is 4. The number of ether oxygens (including phenoxy) is 2. The zero-order chi connectivity index (χ0) is 13.7. The molecule has 0 atom stereocenters. The molecule has 4 heteroatoms. The molecule has 1 aliphatic rings. The van der Waals surface area contributed by atoms with E-state index in [4.69, 9.17) is 9.47 Å². The second-order valence-corrected chi connectivity index (χ2v) is 4.98. The molecule has 0 N–H and O–H groups in total. The molecule has 0 fully saturated rings. The van der Waals surface area contributed by atoms with Crippen molar-refractivity contribution in [1.29, 1.82) is 0 Å². The average Bonchev–Trinajstić information content (AvgIpc) is 2.42. The highest BCUT2D eigenvalue weighted by Gasteiger charge is 2.11. The zero-order valence-corrected chi connectivity index (χ0v) is 11.6. The standard InChI is InChI=1S/C15H21NO3/c1-12(17)5-7-16(2)8-6-13-3-4-14-15(11-13)19-10-9-18-14/h3-4,11H,5-10H2,1-2H3. The first-order valence-corrected chi connectivity index (χ1v) is 6.71. The predicted octanol–water partition coefficient (Wildman–Crippen LogP) is 1.91. The van der Waals surface area contributed by atoms with Gasteiger partial charge in [0.1, 0.15) is 19.0 Å². The van der Waals surface area contributed by atoms with Crippen LogP contribution < -0.4 is 9.47 Å². The number of likely N-dealkylation sites (N-methyl/N-ethyl adjacent to an activating group) is 1. The summed E-state index contributed by atoms with van der Waals surface area (Å²) < 4.78 is 11.1. The van der Waals surface area contributed by atoms with Gasteiger partial charge in [0.15, 0.2) is 11.5 Å². The van der Waals surface area contributed by atoms with E-state index in [1.165, 1.54) is 5.56 Å². The monoisotopic (exact) mass is 263 g/mol. The van der Waals surface area contributed by atoms with Crippen molar-refractivity contribution < 1.29 is 14.3 Å². The molecule has 0 spiro atoms. The molecule has 0 radical (unpaired) electrons. The minimum absolute atomic E-state index is 0.242. The van der Waals surface area contributed by atoms with Crippen LogP contribution in [-0.4, -0.2) is 44.0 Å². The molecule has 104 valence electrons. The molecule has 1 aromatic rings. The van der Waals surface area contributed by atoms with Crippen LogP contribution in [-0.2, 0) is 11.2 Å². The van der Waals surface area contributed by atoms with Gasteiger partial charge >= 0.3 is 0 Å². The predicted molar refractivity (Wildman–Crippen MR) is 73.9 cm³/mol. The van der Waals surface area contributed by atoms with Crippen LogP contribution in [0.2, 0.25) is 0 Å². The summed E-state index contributed by atoms with van der Waals surface area (Å²) in [6, 6.07) is 6.10. The maximum Gasteiger partial charge on any atom is 0.161 e. The molecule has 0 aliphatic carbocycles. The Labute approximate surface area is 114 Å². The van der Waals surface area contributed by atoms with Crippen molar-refractivity contribution in [3.8, 4) is 11.5 Å². The summed E-state index contributed by atoms with van der Waals surface area (Å²) in [4.78, 5) is 13.1. The molecular formula is C15H21NO3. The van der Waals surface area contributed by atoms with E-state index in [-0.39, 0.29) is 5.78 Å². The van der Waals surface area contributed by atoms with Crippen molar-refractivity contribution in [2.45, 2.75) is 19.8 Å². The van der Waals surface area contributed by atoms with E-state index in [0.717, 1.165) is 31.0 Å². The van der Waals surface area contributed by atoms with Gasteiger partial charge in [0.25, 0.3) is 0 Å². The van der Waals surface area contributed by atoms with Gasteiger partial charge in [-0.2, -0.15) is 0 Å². The number of Topliss-reactive ketones (excluding diaryl/α,β-unsaturated/α-hetero) is 1. The van der Waals surface area contributed by atoms with Gasteiger partial charge < -0.3 is 14.4 Å². The van der Waals surface area contributed by atoms with Crippen LogP contribution in [0.3, 0.4) is 0 Å². The summed E-state index contributed by atoms with van der Waals surface area (Å²) >= 11 is 0. The van der Waals surface area contributed by atoms with Gasteiger partial charge in [-0.3, -0.25) is 4.79 Å². The summed E-state index contributed by atoms with van der Waals surface area (Å²) in [6.07, 6.45) is 1.57. The van der Waals surface area contributed by atoms with E-state index in [9.17, 15) is 4.79 Å². The van der Waals surface area contributed by atoms with Gasteiger partial charge in [0, 0.05) is 19.5 Å². The highest BCUT2D eigenvalue weighted by Crippen LogP contribution is 2.30. The summed E-state index contributed by atoms with van der Waals surface area (Å²) in [7, 11) is 2.04. The molecule has 2 rings (SSSR count). The molecule has 1 aromatic carbocycles. The molecule has 0 amide bonds. The first-order valence-electron chi connectivity index (χ1n) is 6.71. The number of fused-ring (bicyclic) bond motifs is 1. The Morgan fingerprint density at radius 3 is 2.68 bits per heavy atom. The maximum atomic E-state index is 10.9. The Morgan fingerprint density at radius 1 is 1.21 bits per heavy atom. The smallest absolute Gasteiger partial charge is 0.161 e. The molecule has 1 heterocycles. The van der Waals surface area contributed by atoms with Crippen LogP contribution in [0.4, 0.5) is 0 Å². The summed E-state index contributed by atoms with van der Waals surface area (Å²) in [5.74, 6) is 1.92. The van der Waals surface area contributed by atoms with Crippen LogP contribution in [0.1, 0.15) is 18.9 Å². The fourth-order valence-electron chi connectivity index (χ4n) is 2.02. The molecule has 4 nitrogen and oxygen atoms in total. The Bertz CT molecular complexity index is 445. The van der Waals surface area contributed by atoms with Gasteiger partial charge in [-0.25, -0.2) is 0 Å². The lowest BCUT2D eigenvalue weighted by atomic mass is 10.1. The molecule has 0 unspecified atom stereocenters. The van der Waals surface area contributed by atoms with Gasteiger partial charge in [-0.1, -0.05) is 6.07 Å². The van der Waals surface area contributed by atoms with Crippen LogP contribution in [0, 0.1) is 0 Å². The summed E-state index contributed by atoms with van der Waals surface area (Å²) in [5, 5.41) is 0. The third-order valence-corrected chi connectivity index (χ3v) is 3.23. The first-order chi connectivity index (χ1) is 9.15. The quantitative estimate of drug-likeness (QED) is 0.786. The number of carbonyl (C=O) groups is 1. The van der Waals surface area contributed by atoms with E-state index < -0.39 is 0 Å². The largest absolute Gasteiger partial charge is 0.486 e. The van der Waals surface area contributed by atoms with E-state index >= 15 is 0 Å². The SMILES string of the molecule is CC(=O)CCN(C)CCc1ccc2c(c1)OCCO2. The summed E-state index contributed by atoms with van der Waals surface area (Å²) in [6.45, 7) is 4.64. The number of hydrogen-bond donors (Lipinski definition) is 0. The van der Waals surface area contributed by atoms with E-state index in [2.05, 4.69) is 11.0 Å². The van der Waals surface area contributed by atoms with Crippen molar-refractivity contribution in [3.63, 3.8) is 0 Å². The van der Waals surface area contributed by atoms with Crippen molar-refractivity contribution >= 4 is 5.78 Å². The molecular weight excluding hydrogens is 242 g/mol. The van der Waals surface area contributed by atoms with Crippen molar-refractivity contribution in [2.24, 2.45) is 0 Å². The number of benzene rings is 1. The fraction of sp³-hybridized carbons (Fsp3) is 0.533. The van der Waals surface area contributed by atoms with E-state index in [1.807, 2.05) is 19.2 Å². The van der Waals surface area contributed by atoms with Crippen molar-refractivity contribution in [1.82, 2.24) is 4.90 Å². The van der Waals surface area contributed by atoms with Crippen molar-refractivity contribution in [2.75, 3.05) is 33.4 Å². The molecule has 0 saturated heterocycles. The highest BCUT2D eigenvalue weighted by molar-refractivity contribution is 5.75. The van der Waals surface area contributed by atoms with E-state index in [1.54, 1.807) is 6.92 Å². The fourth-order valence-corrected chi connectivity index (χ4v) is 2.02. The third kappa shape index (κ3) is 4.24. The Hall–Kier alpha value is -1.55. The lowest BCUT2D eigenvalue weighted by Crippen LogP contribution is -2.24. The first kappa shape index (κ1) is 13.9. The second kappa shape index (κ2) is 6.57. The van der Waals surface area contributed by atoms with Gasteiger partial charge in [0.2, 0.25) is 0 Å². The molecule has 0 bridgehead atoms. The highest BCUT2D eigenvalue weighted by atomic mass is 16.6. The number of nitrogens with zero attached hydrogens (tertiary/aromatic N) is 1. The normalized spacial score (nSPS) is 13.6. The Kier molecular flexibility index (Phi) is 4.80. The third-order valence-electron chi connectivity index (χ3n) is 3.23. The summed E-state index contributed by atoms with van der Waals surface area (Å²) in [5.41, 5.74) is 1.24. The van der Waals surface area contributed by atoms with Gasteiger partial charge in [-0.15, -0.1) is 0 Å². The Balaban J connectivity index is 1.84. The molecule has 0 saturated carbocycles. The minimum atomic E-state index is 0.242. The topological polar surface area (TPSA) is 38.8 Å². The molecule has 0 aromatic heterocycles. The molecule has 19 heavy (non-hydrogen) atoms. The average molecular weight is 263 g/mol.